The van der Waals surface area contributed by atoms with Gasteiger partial charge in [-0.1, -0.05) is 11.8 Å². The van der Waals surface area contributed by atoms with Crippen LogP contribution in [0.25, 0.3) is 0 Å². The number of carbonyl (C=O) groups excluding carboxylic acids is 1. The van der Waals surface area contributed by atoms with Crippen LogP contribution in [0.5, 0.6) is 11.5 Å². The van der Waals surface area contributed by atoms with E-state index in [4.69, 9.17) is 9.47 Å². The van der Waals surface area contributed by atoms with Gasteiger partial charge in [-0.3, -0.25) is 9.10 Å². The van der Waals surface area contributed by atoms with Gasteiger partial charge in [0.05, 0.1) is 24.2 Å². The number of nitrogens with one attached hydrogen (secondary N) is 1. The smallest absolute Gasteiger partial charge is 0.234 e. The average molecular weight is 494 g/mol. The number of benzene rings is 2. The highest BCUT2D eigenvalue weighted by molar-refractivity contribution is 7.99. The fraction of sp³-hybridized carbons (Fsp3) is 0.250. The summed E-state index contributed by atoms with van der Waals surface area (Å²) >= 11 is 1.16. The van der Waals surface area contributed by atoms with Crippen molar-refractivity contribution in [1.82, 2.24) is 14.8 Å². The number of thioether (sulfide) groups is 1. The largest absolute Gasteiger partial charge is 0.454 e. The second-order valence-electron chi connectivity index (χ2n) is 7.11. The maximum absolute atomic E-state index is 13.2. The molecule has 0 saturated carbocycles. The van der Waals surface area contributed by atoms with Crippen molar-refractivity contribution in [2.45, 2.75) is 11.7 Å². The Morgan fingerprint density at radius 3 is 2.64 bits per heavy atom. The number of hydrogen-bond donors (Lipinski definition) is 1. The van der Waals surface area contributed by atoms with Crippen LogP contribution >= 0.6 is 11.8 Å². The Hall–Kier alpha value is -3.32. The molecule has 1 aliphatic rings. The first-order chi connectivity index (χ1) is 15.7. The lowest BCUT2D eigenvalue weighted by molar-refractivity contribution is -0.113. The zero-order valence-corrected chi connectivity index (χ0v) is 19.3. The molecule has 2 heterocycles. The minimum absolute atomic E-state index is 0.0637. The molecular formula is C20H20FN5O5S2. The molecule has 0 bridgehead atoms. The Morgan fingerprint density at radius 2 is 1.91 bits per heavy atom. The Bertz CT molecular complexity index is 1280. The van der Waals surface area contributed by atoms with Gasteiger partial charge in [0, 0.05) is 18.8 Å². The molecule has 4 rings (SSSR count). The highest BCUT2D eigenvalue weighted by Crippen LogP contribution is 2.34. The lowest BCUT2D eigenvalue weighted by Crippen LogP contribution is -2.30. The van der Waals surface area contributed by atoms with Crippen LogP contribution in [0.1, 0.15) is 5.82 Å². The molecule has 0 aliphatic carbocycles. The molecule has 10 nitrogen and oxygen atoms in total. The van der Waals surface area contributed by atoms with Crippen LogP contribution in [0.4, 0.5) is 15.8 Å². The molecule has 3 aromatic rings. The number of sulfonamides is 1. The molecule has 0 atom stereocenters. The molecular weight excluding hydrogens is 473 g/mol. The summed E-state index contributed by atoms with van der Waals surface area (Å²) in [6.07, 6.45) is 1.06. The Balaban J connectivity index is 1.40. The van der Waals surface area contributed by atoms with Crippen molar-refractivity contribution in [1.29, 1.82) is 0 Å². The second kappa shape index (κ2) is 9.27. The summed E-state index contributed by atoms with van der Waals surface area (Å²) < 4.78 is 51.1. The Morgan fingerprint density at radius 1 is 1.18 bits per heavy atom. The maximum Gasteiger partial charge on any atom is 0.234 e. The van der Waals surface area contributed by atoms with Gasteiger partial charge in [0.25, 0.3) is 0 Å². The fourth-order valence-electron chi connectivity index (χ4n) is 3.05. The van der Waals surface area contributed by atoms with Crippen molar-refractivity contribution in [2.75, 3.05) is 28.4 Å². The van der Waals surface area contributed by atoms with E-state index in [2.05, 4.69) is 15.5 Å². The van der Waals surface area contributed by atoms with E-state index >= 15 is 0 Å². The SMILES string of the molecule is Cn1c(CN(c2ccc(F)cc2)S(C)(=O)=O)nnc1SCC(=O)Nc1ccc2c(c1)OCO2. The molecule has 1 amide bonds. The summed E-state index contributed by atoms with van der Waals surface area (Å²) in [6, 6.07) is 10.2. The molecule has 0 fully saturated rings. The molecule has 1 aromatic heterocycles. The first-order valence-electron chi connectivity index (χ1n) is 9.64. The first kappa shape index (κ1) is 22.9. The third kappa shape index (κ3) is 5.37. The molecule has 33 heavy (non-hydrogen) atoms. The third-order valence-corrected chi connectivity index (χ3v) is 6.87. The lowest BCUT2D eigenvalue weighted by Gasteiger charge is -2.21. The van der Waals surface area contributed by atoms with Crippen LogP contribution in [0.2, 0.25) is 0 Å². The highest BCUT2D eigenvalue weighted by Gasteiger charge is 2.22. The van der Waals surface area contributed by atoms with Gasteiger partial charge in [-0.15, -0.1) is 10.2 Å². The van der Waals surface area contributed by atoms with Crippen LogP contribution in [0, 0.1) is 5.82 Å². The molecule has 13 heteroatoms. The zero-order chi connectivity index (χ0) is 23.6. The van der Waals surface area contributed by atoms with E-state index in [9.17, 15) is 17.6 Å². The van der Waals surface area contributed by atoms with Crippen molar-refractivity contribution < 1.29 is 27.1 Å². The number of anilines is 2. The summed E-state index contributed by atoms with van der Waals surface area (Å²) in [5, 5.41) is 11.3. The van der Waals surface area contributed by atoms with Crippen molar-refractivity contribution >= 4 is 39.1 Å². The van der Waals surface area contributed by atoms with E-state index in [1.165, 1.54) is 24.3 Å². The number of halogens is 1. The van der Waals surface area contributed by atoms with Crippen LogP contribution in [-0.2, 0) is 28.4 Å². The van der Waals surface area contributed by atoms with Crippen LogP contribution in [0.3, 0.4) is 0 Å². The van der Waals surface area contributed by atoms with Crippen LogP contribution in [0.15, 0.2) is 47.6 Å². The van der Waals surface area contributed by atoms with E-state index in [0.29, 0.717) is 33.9 Å². The summed E-state index contributed by atoms with van der Waals surface area (Å²) in [6.45, 7) is 0.0485. The number of aromatic nitrogens is 3. The average Bonchev–Trinajstić information content (AvgIpc) is 3.36. The summed E-state index contributed by atoms with van der Waals surface area (Å²) in [5.41, 5.74) is 0.880. The van der Waals surface area contributed by atoms with E-state index in [-0.39, 0.29) is 25.0 Å². The van der Waals surface area contributed by atoms with Gasteiger partial charge >= 0.3 is 0 Å². The molecule has 174 valence electrons. The van der Waals surface area contributed by atoms with Crippen molar-refractivity contribution in [3.8, 4) is 11.5 Å². The summed E-state index contributed by atoms with van der Waals surface area (Å²) in [5.74, 6) is 0.890. The molecule has 1 aliphatic heterocycles. The lowest BCUT2D eigenvalue weighted by atomic mass is 10.3. The minimum Gasteiger partial charge on any atom is -0.454 e. The number of fused-ring (bicyclic) bond motifs is 1. The topological polar surface area (TPSA) is 116 Å². The normalized spacial score (nSPS) is 12.6. The fourth-order valence-corrected chi connectivity index (χ4v) is 4.63. The molecule has 0 unspecified atom stereocenters. The molecule has 2 aromatic carbocycles. The van der Waals surface area contributed by atoms with Gasteiger partial charge in [0.1, 0.15) is 5.82 Å². The highest BCUT2D eigenvalue weighted by atomic mass is 32.2. The number of amides is 1. The van der Waals surface area contributed by atoms with E-state index in [0.717, 1.165) is 22.3 Å². The molecule has 0 spiro atoms. The van der Waals surface area contributed by atoms with Gasteiger partial charge in [-0.25, -0.2) is 12.8 Å². The second-order valence-corrected chi connectivity index (χ2v) is 9.96. The van der Waals surface area contributed by atoms with Crippen LogP contribution in [-0.4, -0.2) is 47.9 Å². The maximum atomic E-state index is 13.2. The standard InChI is InChI=1S/C20H20FN5O5S2/c1-25-18(10-26(33(2,28)29)15-6-3-13(21)4-7-15)23-24-20(25)32-11-19(27)22-14-5-8-16-17(9-14)31-12-30-16/h3-9H,10-12H2,1-2H3,(H,22,27). The molecule has 0 saturated heterocycles. The van der Waals surface area contributed by atoms with Gasteiger partial charge in [0.2, 0.25) is 22.7 Å². The third-order valence-electron chi connectivity index (χ3n) is 4.71. The van der Waals surface area contributed by atoms with Crippen molar-refractivity contribution in [2.24, 2.45) is 7.05 Å². The van der Waals surface area contributed by atoms with Gasteiger partial charge in [-0.2, -0.15) is 0 Å². The summed E-state index contributed by atoms with van der Waals surface area (Å²) in [4.78, 5) is 12.3. The predicted molar refractivity (Wildman–Crippen MR) is 120 cm³/mol. The Labute approximate surface area is 193 Å². The number of nitrogens with zero attached hydrogens (tertiary/aromatic N) is 4. The Kier molecular flexibility index (Phi) is 6.42. The van der Waals surface area contributed by atoms with Gasteiger partial charge < -0.3 is 19.4 Å². The number of ether oxygens (including phenoxy) is 2. The van der Waals surface area contributed by atoms with Crippen molar-refractivity contribution in [3.05, 3.63) is 54.1 Å². The number of rotatable bonds is 8. The molecule has 1 N–H and O–H groups in total. The van der Waals surface area contributed by atoms with E-state index in [1.54, 1.807) is 29.8 Å². The molecule has 0 radical (unpaired) electrons. The zero-order valence-electron chi connectivity index (χ0n) is 17.7. The predicted octanol–water partition coefficient (Wildman–Crippen LogP) is 2.38. The number of carbonyl (C=O) groups is 1. The minimum atomic E-state index is -3.66. The quantitative estimate of drug-likeness (QED) is 0.476. The van der Waals surface area contributed by atoms with Gasteiger partial charge in [0.15, 0.2) is 22.5 Å². The summed E-state index contributed by atoms with van der Waals surface area (Å²) in [7, 11) is -1.98. The first-order valence-corrected chi connectivity index (χ1v) is 12.5. The van der Waals surface area contributed by atoms with Crippen molar-refractivity contribution in [3.63, 3.8) is 0 Å². The van der Waals surface area contributed by atoms with Gasteiger partial charge in [-0.05, 0) is 36.4 Å². The van der Waals surface area contributed by atoms with Crippen LogP contribution < -0.4 is 19.1 Å². The van der Waals surface area contributed by atoms with E-state index in [1.807, 2.05) is 0 Å². The monoisotopic (exact) mass is 493 g/mol. The van der Waals surface area contributed by atoms with E-state index < -0.39 is 15.8 Å². The number of hydrogen-bond acceptors (Lipinski definition) is 8.